The lowest BCUT2D eigenvalue weighted by molar-refractivity contribution is 0.276. The molecule has 0 aliphatic rings. The summed E-state index contributed by atoms with van der Waals surface area (Å²) in [5.74, 6) is 0. The van der Waals surface area contributed by atoms with E-state index in [9.17, 15) is 0 Å². The highest BCUT2D eigenvalue weighted by atomic mass is 79.9. The number of nitrogens with zero attached hydrogens (tertiary/aromatic N) is 3. The first-order valence-electron chi connectivity index (χ1n) is 4.00. The number of aromatic nitrogens is 3. The van der Waals surface area contributed by atoms with E-state index in [0.29, 0.717) is 16.9 Å². The molecule has 0 aliphatic heterocycles. The molecule has 0 unspecified atom stereocenters. The standard InChI is InChI=1S/C8H8BrN3O2/c9-8-1-6(5-14-8)2-12-3-7(4-13)10-11-12/h1,3,5,13H,2,4H2. The maximum Gasteiger partial charge on any atom is 0.169 e. The number of aliphatic hydroxyl groups excluding tert-OH is 1. The quantitative estimate of drug-likeness (QED) is 0.897. The third-order valence-electron chi connectivity index (χ3n) is 1.71. The molecule has 0 saturated heterocycles. The molecule has 14 heavy (non-hydrogen) atoms. The number of hydrogen-bond donors (Lipinski definition) is 1. The Hall–Kier alpha value is -1.14. The largest absolute Gasteiger partial charge is 0.457 e. The minimum Gasteiger partial charge on any atom is -0.457 e. The van der Waals surface area contributed by atoms with Crippen molar-refractivity contribution in [1.82, 2.24) is 15.0 Å². The lowest BCUT2D eigenvalue weighted by Crippen LogP contribution is -1.98. The van der Waals surface area contributed by atoms with Crippen molar-refractivity contribution in [3.63, 3.8) is 0 Å². The molecule has 0 saturated carbocycles. The van der Waals surface area contributed by atoms with Crippen molar-refractivity contribution in [3.8, 4) is 0 Å². The Morgan fingerprint density at radius 1 is 1.57 bits per heavy atom. The summed E-state index contributed by atoms with van der Waals surface area (Å²) >= 11 is 3.21. The predicted octanol–water partition coefficient (Wildman–Crippen LogP) is 1.17. The molecule has 0 spiro atoms. The number of hydrogen-bond acceptors (Lipinski definition) is 4. The maximum absolute atomic E-state index is 8.78. The molecule has 2 rings (SSSR count). The van der Waals surface area contributed by atoms with Crippen LogP contribution in [0, 0.1) is 0 Å². The van der Waals surface area contributed by atoms with Crippen molar-refractivity contribution in [1.29, 1.82) is 0 Å². The van der Waals surface area contributed by atoms with Crippen LogP contribution < -0.4 is 0 Å². The van der Waals surface area contributed by atoms with Gasteiger partial charge in [-0.2, -0.15) is 0 Å². The summed E-state index contributed by atoms with van der Waals surface area (Å²) in [6, 6.07) is 1.86. The van der Waals surface area contributed by atoms with Gasteiger partial charge in [0.25, 0.3) is 0 Å². The lowest BCUT2D eigenvalue weighted by atomic mass is 10.3. The molecule has 6 heteroatoms. The Labute approximate surface area is 88.5 Å². The number of aliphatic hydroxyl groups is 1. The second-order valence-electron chi connectivity index (χ2n) is 2.82. The summed E-state index contributed by atoms with van der Waals surface area (Å²) in [6.07, 6.45) is 3.34. The van der Waals surface area contributed by atoms with E-state index in [1.54, 1.807) is 17.1 Å². The third-order valence-corrected chi connectivity index (χ3v) is 2.13. The van der Waals surface area contributed by atoms with Crippen LogP contribution in [-0.2, 0) is 13.2 Å². The Balaban J connectivity index is 2.10. The second-order valence-corrected chi connectivity index (χ2v) is 3.61. The summed E-state index contributed by atoms with van der Waals surface area (Å²) < 4.78 is 7.41. The van der Waals surface area contributed by atoms with E-state index in [2.05, 4.69) is 26.2 Å². The summed E-state index contributed by atoms with van der Waals surface area (Å²) in [7, 11) is 0. The van der Waals surface area contributed by atoms with E-state index in [-0.39, 0.29) is 6.61 Å². The van der Waals surface area contributed by atoms with Crippen LogP contribution in [0.15, 0.2) is 27.6 Å². The first-order valence-corrected chi connectivity index (χ1v) is 4.80. The molecule has 0 aliphatic carbocycles. The van der Waals surface area contributed by atoms with Crippen LogP contribution in [0.25, 0.3) is 0 Å². The zero-order valence-electron chi connectivity index (χ0n) is 7.22. The summed E-state index contributed by atoms with van der Waals surface area (Å²) in [5, 5.41) is 16.4. The molecule has 74 valence electrons. The van der Waals surface area contributed by atoms with E-state index >= 15 is 0 Å². The van der Waals surface area contributed by atoms with Crippen molar-refractivity contribution in [2.45, 2.75) is 13.2 Å². The van der Waals surface area contributed by atoms with Gasteiger partial charge in [0.1, 0.15) is 5.69 Å². The highest BCUT2D eigenvalue weighted by Crippen LogP contribution is 2.14. The number of halogens is 1. The topological polar surface area (TPSA) is 64.1 Å². The molecule has 0 radical (unpaired) electrons. The molecular formula is C8H8BrN3O2. The Morgan fingerprint density at radius 3 is 3.00 bits per heavy atom. The minimum atomic E-state index is -0.0882. The fraction of sp³-hybridized carbons (Fsp3) is 0.250. The van der Waals surface area contributed by atoms with Gasteiger partial charge in [-0.15, -0.1) is 5.10 Å². The fourth-order valence-electron chi connectivity index (χ4n) is 1.10. The highest BCUT2D eigenvalue weighted by molar-refractivity contribution is 9.10. The molecule has 2 heterocycles. The first-order chi connectivity index (χ1) is 6.78. The van der Waals surface area contributed by atoms with E-state index in [0.717, 1.165) is 5.56 Å². The molecule has 0 amide bonds. The molecule has 0 aromatic carbocycles. The van der Waals surface area contributed by atoms with Crippen LogP contribution in [-0.4, -0.2) is 20.1 Å². The van der Waals surface area contributed by atoms with Crippen molar-refractivity contribution in [3.05, 3.63) is 34.5 Å². The van der Waals surface area contributed by atoms with Gasteiger partial charge in [0.2, 0.25) is 0 Å². The fourth-order valence-corrected chi connectivity index (χ4v) is 1.49. The van der Waals surface area contributed by atoms with Gasteiger partial charge in [0.15, 0.2) is 4.67 Å². The number of furan rings is 1. The monoisotopic (exact) mass is 257 g/mol. The highest BCUT2D eigenvalue weighted by Gasteiger charge is 2.02. The minimum absolute atomic E-state index is 0.0882. The van der Waals surface area contributed by atoms with Gasteiger partial charge in [-0.1, -0.05) is 5.21 Å². The average Bonchev–Trinajstić information content (AvgIpc) is 2.76. The maximum atomic E-state index is 8.78. The van der Waals surface area contributed by atoms with Gasteiger partial charge in [-0.3, -0.25) is 0 Å². The van der Waals surface area contributed by atoms with Crippen LogP contribution in [0.1, 0.15) is 11.3 Å². The van der Waals surface area contributed by atoms with Gasteiger partial charge in [-0.25, -0.2) is 4.68 Å². The van der Waals surface area contributed by atoms with Crippen molar-refractivity contribution in [2.75, 3.05) is 0 Å². The van der Waals surface area contributed by atoms with E-state index in [4.69, 9.17) is 9.52 Å². The van der Waals surface area contributed by atoms with E-state index in [1.807, 2.05) is 6.07 Å². The third kappa shape index (κ3) is 2.02. The van der Waals surface area contributed by atoms with Gasteiger partial charge in [0, 0.05) is 5.56 Å². The van der Waals surface area contributed by atoms with Crippen molar-refractivity contribution >= 4 is 15.9 Å². The van der Waals surface area contributed by atoms with Crippen molar-refractivity contribution in [2.24, 2.45) is 0 Å². The molecular weight excluding hydrogens is 250 g/mol. The Kier molecular flexibility index (Phi) is 2.64. The van der Waals surface area contributed by atoms with Gasteiger partial charge in [0.05, 0.1) is 25.6 Å². The molecule has 0 fully saturated rings. The molecule has 1 N–H and O–H groups in total. The van der Waals surface area contributed by atoms with Gasteiger partial charge >= 0.3 is 0 Å². The first kappa shape index (κ1) is 9.42. The molecule has 2 aromatic heterocycles. The predicted molar refractivity (Wildman–Crippen MR) is 51.5 cm³/mol. The Morgan fingerprint density at radius 2 is 2.43 bits per heavy atom. The van der Waals surface area contributed by atoms with Crippen LogP contribution in [0.3, 0.4) is 0 Å². The molecule has 0 atom stereocenters. The van der Waals surface area contributed by atoms with Crippen LogP contribution in [0.5, 0.6) is 0 Å². The summed E-state index contributed by atoms with van der Waals surface area (Å²) in [5.41, 5.74) is 1.55. The zero-order chi connectivity index (χ0) is 9.97. The van der Waals surface area contributed by atoms with Gasteiger partial charge < -0.3 is 9.52 Å². The SMILES string of the molecule is OCc1cn(Cc2coc(Br)c2)nn1. The van der Waals surface area contributed by atoms with Crippen LogP contribution in [0.2, 0.25) is 0 Å². The summed E-state index contributed by atoms with van der Waals surface area (Å²) in [4.78, 5) is 0. The molecule has 2 aromatic rings. The van der Waals surface area contributed by atoms with Crippen LogP contribution >= 0.6 is 15.9 Å². The second kappa shape index (κ2) is 3.93. The van der Waals surface area contributed by atoms with E-state index in [1.165, 1.54) is 0 Å². The van der Waals surface area contributed by atoms with Crippen LogP contribution in [0.4, 0.5) is 0 Å². The Bertz CT molecular complexity index is 424. The average molecular weight is 258 g/mol. The normalized spacial score (nSPS) is 10.7. The molecule has 5 nitrogen and oxygen atoms in total. The number of rotatable bonds is 3. The smallest absolute Gasteiger partial charge is 0.169 e. The van der Waals surface area contributed by atoms with Crippen molar-refractivity contribution < 1.29 is 9.52 Å². The van der Waals surface area contributed by atoms with E-state index < -0.39 is 0 Å². The molecule has 0 bridgehead atoms. The van der Waals surface area contributed by atoms with Gasteiger partial charge in [-0.05, 0) is 22.0 Å². The lowest BCUT2D eigenvalue weighted by Gasteiger charge is -1.93. The summed E-state index contributed by atoms with van der Waals surface area (Å²) in [6.45, 7) is 0.497. The zero-order valence-corrected chi connectivity index (χ0v) is 8.81.